The Morgan fingerprint density at radius 1 is 1.29 bits per heavy atom. The minimum absolute atomic E-state index is 0.197. The van der Waals surface area contributed by atoms with Gasteiger partial charge in [0.1, 0.15) is 0 Å². The Hall–Kier alpha value is -0.420. The van der Waals surface area contributed by atoms with Crippen LogP contribution < -0.4 is 5.73 Å². The van der Waals surface area contributed by atoms with Crippen LogP contribution in [-0.4, -0.2) is 48.6 Å². The molecule has 0 radical (unpaired) electrons. The van der Waals surface area contributed by atoms with Crippen molar-refractivity contribution in [2.75, 3.05) is 32.7 Å². The second-order valence-corrected chi connectivity index (χ2v) is 6.17. The molecule has 1 aliphatic heterocycles. The number of nitrogens with zero attached hydrogens (tertiary/aromatic N) is 2. The first-order valence-corrected chi connectivity index (χ1v) is 7.46. The zero-order chi connectivity index (χ0) is 11.7. The molecule has 17 heavy (non-hydrogen) atoms. The van der Waals surface area contributed by atoms with E-state index in [0.29, 0.717) is 0 Å². The highest BCUT2D eigenvalue weighted by molar-refractivity contribution is 7.10. The second-order valence-electron chi connectivity index (χ2n) is 5.19. The summed E-state index contributed by atoms with van der Waals surface area (Å²) in [4.78, 5) is 6.48. The topological polar surface area (TPSA) is 32.5 Å². The van der Waals surface area contributed by atoms with E-state index in [0.717, 1.165) is 12.6 Å². The predicted molar refractivity (Wildman–Crippen MR) is 72.3 cm³/mol. The lowest BCUT2D eigenvalue weighted by molar-refractivity contribution is 0.122. The Balaban J connectivity index is 1.46. The summed E-state index contributed by atoms with van der Waals surface area (Å²) in [6.07, 6.45) is 2.85. The van der Waals surface area contributed by atoms with E-state index in [1.807, 2.05) is 0 Å². The molecule has 1 aliphatic carbocycles. The predicted octanol–water partition coefficient (Wildman–Crippen LogP) is 1.53. The maximum absolute atomic E-state index is 6.23. The van der Waals surface area contributed by atoms with Gasteiger partial charge in [-0.15, -0.1) is 11.3 Å². The van der Waals surface area contributed by atoms with Crippen molar-refractivity contribution in [2.24, 2.45) is 5.73 Å². The third-order valence-electron chi connectivity index (χ3n) is 3.83. The van der Waals surface area contributed by atoms with E-state index in [1.165, 1.54) is 43.9 Å². The number of piperazine rings is 1. The molecule has 2 aliphatic rings. The van der Waals surface area contributed by atoms with Crippen molar-refractivity contribution in [1.82, 2.24) is 9.80 Å². The fourth-order valence-corrected chi connectivity index (χ4v) is 3.34. The van der Waals surface area contributed by atoms with Gasteiger partial charge in [-0.05, 0) is 24.3 Å². The van der Waals surface area contributed by atoms with Crippen molar-refractivity contribution in [3.05, 3.63) is 22.4 Å². The molecule has 1 atom stereocenters. The Morgan fingerprint density at radius 3 is 2.65 bits per heavy atom. The summed E-state index contributed by atoms with van der Waals surface area (Å²) < 4.78 is 0. The van der Waals surface area contributed by atoms with Gasteiger partial charge in [0.05, 0.1) is 6.04 Å². The average molecular weight is 251 g/mol. The monoisotopic (exact) mass is 251 g/mol. The van der Waals surface area contributed by atoms with Crippen LogP contribution in [0.25, 0.3) is 0 Å². The van der Waals surface area contributed by atoms with Gasteiger partial charge in [0.15, 0.2) is 0 Å². The second kappa shape index (κ2) is 5.06. The molecule has 0 aromatic carbocycles. The molecular formula is C13H21N3S. The fraction of sp³-hybridized carbons (Fsp3) is 0.692. The van der Waals surface area contributed by atoms with Crippen LogP contribution in [-0.2, 0) is 0 Å². The molecule has 1 aromatic heterocycles. The van der Waals surface area contributed by atoms with Crippen LogP contribution in [0.5, 0.6) is 0 Å². The normalized spacial score (nSPS) is 25.0. The highest BCUT2D eigenvalue weighted by Gasteiger charge is 2.31. The summed E-state index contributed by atoms with van der Waals surface area (Å²) in [5.41, 5.74) is 6.23. The summed E-state index contributed by atoms with van der Waals surface area (Å²) >= 11 is 1.77. The van der Waals surface area contributed by atoms with Gasteiger partial charge >= 0.3 is 0 Å². The quantitative estimate of drug-likeness (QED) is 0.881. The highest BCUT2D eigenvalue weighted by atomic mass is 32.1. The minimum atomic E-state index is 0.197. The lowest BCUT2D eigenvalue weighted by Crippen LogP contribution is -2.48. The molecule has 1 saturated carbocycles. The summed E-state index contributed by atoms with van der Waals surface area (Å²) in [6, 6.07) is 5.35. The Labute approximate surface area is 107 Å². The lowest BCUT2D eigenvalue weighted by Gasteiger charge is -2.35. The molecular weight excluding hydrogens is 230 g/mol. The number of rotatable bonds is 4. The third-order valence-corrected chi connectivity index (χ3v) is 4.84. The molecule has 4 heteroatoms. The highest BCUT2D eigenvalue weighted by Crippen LogP contribution is 2.27. The molecule has 0 spiro atoms. The summed E-state index contributed by atoms with van der Waals surface area (Å²) in [7, 11) is 0. The fourth-order valence-electron chi connectivity index (χ4n) is 2.62. The van der Waals surface area contributed by atoms with Crippen LogP contribution in [0.3, 0.4) is 0 Å². The zero-order valence-corrected chi connectivity index (χ0v) is 11.0. The smallest absolute Gasteiger partial charge is 0.0519 e. The maximum Gasteiger partial charge on any atom is 0.0519 e. The van der Waals surface area contributed by atoms with E-state index in [2.05, 4.69) is 27.3 Å². The average Bonchev–Trinajstić information content (AvgIpc) is 3.05. The molecule has 1 aromatic rings. The Morgan fingerprint density at radius 2 is 2.06 bits per heavy atom. The van der Waals surface area contributed by atoms with E-state index >= 15 is 0 Å². The van der Waals surface area contributed by atoms with Gasteiger partial charge in [0.2, 0.25) is 0 Å². The van der Waals surface area contributed by atoms with Crippen LogP contribution in [0, 0.1) is 0 Å². The van der Waals surface area contributed by atoms with Crippen molar-refractivity contribution in [3.8, 4) is 0 Å². The molecule has 1 saturated heterocycles. The molecule has 2 fully saturated rings. The van der Waals surface area contributed by atoms with Crippen molar-refractivity contribution < 1.29 is 0 Å². The molecule has 94 valence electrons. The van der Waals surface area contributed by atoms with Gasteiger partial charge in [-0.3, -0.25) is 9.80 Å². The van der Waals surface area contributed by atoms with E-state index in [-0.39, 0.29) is 6.04 Å². The molecule has 0 amide bonds. The van der Waals surface area contributed by atoms with Gasteiger partial charge in [-0.25, -0.2) is 0 Å². The summed E-state index contributed by atoms with van der Waals surface area (Å²) in [5, 5.41) is 2.11. The van der Waals surface area contributed by atoms with E-state index in [4.69, 9.17) is 5.73 Å². The third kappa shape index (κ3) is 2.88. The van der Waals surface area contributed by atoms with Crippen molar-refractivity contribution in [2.45, 2.75) is 24.9 Å². The molecule has 2 heterocycles. The van der Waals surface area contributed by atoms with E-state index < -0.39 is 0 Å². The number of hydrogen-bond donors (Lipinski definition) is 1. The number of thiophene rings is 1. The molecule has 3 nitrogen and oxygen atoms in total. The van der Waals surface area contributed by atoms with Crippen LogP contribution >= 0.6 is 11.3 Å². The van der Waals surface area contributed by atoms with Crippen LogP contribution in [0.4, 0.5) is 0 Å². The first-order valence-electron chi connectivity index (χ1n) is 6.58. The van der Waals surface area contributed by atoms with Gasteiger partial charge in [0, 0.05) is 43.6 Å². The van der Waals surface area contributed by atoms with Crippen LogP contribution in [0.15, 0.2) is 17.5 Å². The number of hydrogen-bond acceptors (Lipinski definition) is 4. The molecule has 0 bridgehead atoms. The van der Waals surface area contributed by atoms with Crippen molar-refractivity contribution in [3.63, 3.8) is 0 Å². The van der Waals surface area contributed by atoms with E-state index in [1.54, 1.807) is 11.3 Å². The molecule has 1 unspecified atom stereocenters. The lowest BCUT2D eigenvalue weighted by atomic mass is 10.2. The minimum Gasteiger partial charge on any atom is -0.322 e. The molecule has 2 N–H and O–H groups in total. The maximum atomic E-state index is 6.23. The van der Waals surface area contributed by atoms with Gasteiger partial charge < -0.3 is 5.73 Å². The Kier molecular flexibility index (Phi) is 3.47. The van der Waals surface area contributed by atoms with Gasteiger partial charge in [0.25, 0.3) is 0 Å². The van der Waals surface area contributed by atoms with Crippen LogP contribution in [0.2, 0.25) is 0 Å². The molecule has 3 rings (SSSR count). The Bertz CT molecular complexity index is 340. The first kappa shape index (κ1) is 11.7. The largest absolute Gasteiger partial charge is 0.322 e. The van der Waals surface area contributed by atoms with Gasteiger partial charge in [-0.2, -0.15) is 0 Å². The van der Waals surface area contributed by atoms with Crippen molar-refractivity contribution in [1.29, 1.82) is 0 Å². The van der Waals surface area contributed by atoms with Gasteiger partial charge in [-0.1, -0.05) is 6.07 Å². The standard InChI is InChI=1S/C13H21N3S/c14-12(13-2-1-9-17-13)10-15-5-7-16(8-6-15)11-3-4-11/h1-2,9,11-12H,3-8,10,14H2. The van der Waals surface area contributed by atoms with E-state index in [9.17, 15) is 0 Å². The summed E-state index contributed by atoms with van der Waals surface area (Å²) in [5.74, 6) is 0. The number of nitrogens with two attached hydrogens (primary N) is 1. The SMILES string of the molecule is NC(CN1CCN(C2CC2)CC1)c1cccs1. The zero-order valence-electron chi connectivity index (χ0n) is 10.2. The van der Waals surface area contributed by atoms with Crippen molar-refractivity contribution >= 4 is 11.3 Å². The first-order chi connectivity index (χ1) is 8.33. The van der Waals surface area contributed by atoms with Crippen LogP contribution in [0.1, 0.15) is 23.8 Å². The summed E-state index contributed by atoms with van der Waals surface area (Å²) in [6.45, 7) is 5.87.